The van der Waals surface area contributed by atoms with Gasteiger partial charge >= 0.3 is 0 Å². The van der Waals surface area contributed by atoms with Gasteiger partial charge in [-0.15, -0.1) is 0 Å². The minimum atomic E-state index is -0.0176. The number of likely N-dealkylation sites (tertiary alicyclic amines) is 1. The highest BCUT2D eigenvalue weighted by atomic mass is 35.5. The number of halogens is 1. The third-order valence-corrected chi connectivity index (χ3v) is 4.31. The standard InChI is InChI=1S/C15H19ClN2O2/c1-20-14-4-2-3-12(16)11(14)9-18-8-7-13(15(18)19)17-10-5-6-10/h2-4,10,13,17H,5-9H2,1H3. The van der Waals surface area contributed by atoms with Crippen LogP contribution in [0.25, 0.3) is 0 Å². The molecule has 1 aromatic rings. The molecule has 5 heteroatoms. The van der Waals surface area contributed by atoms with Gasteiger partial charge in [0.05, 0.1) is 19.7 Å². The quantitative estimate of drug-likeness (QED) is 0.905. The Morgan fingerprint density at radius 1 is 1.40 bits per heavy atom. The molecular weight excluding hydrogens is 276 g/mol. The summed E-state index contributed by atoms with van der Waals surface area (Å²) in [5.74, 6) is 0.919. The van der Waals surface area contributed by atoms with E-state index in [1.807, 2.05) is 23.1 Å². The molecule has 1 N–H and O–H groups in total. The van der Waals surface area contributed by atoms with Gasteiger partial charge in [0.1, 0.15) is 5.75 Å². The zero-order valence-corrected chi connectivity index (χ0v) is 12.3. The number of hydrogen-bond donors (Lipinski definition) is 1. The molecule has 4 nitrogen and oxygen atoms in total. The minimum Gasteiger partial charge on any atom is -0.496 e. The van der Waals surface area contributed by atoms with E-state index in [2.05, 4.69) is 5.32 Å². The number of benzene rings is 1. The van der Waals surface area contributed by atoms with Gasteiger partial charge in [-0.3, -0.25) is 4.79 Å². The highest BCUT2D eigenvalue weighted by molar-refractivity contribution is 6.31. The van der Waals surface area contributed by atoms with Crippen molar-refractivity contribution in [2.75, 3.05) is 13.7 Å². The number of ether oxygens (including phenoxy) is 1. The molecule has 0 spiro atoms. The van der Waals surface area contributed by atoms with Crippen LogP contribution in [0.1, 0.15) is 24.8 Å². The molecule has 0 aromatic heterocycles. The van der Waals surface area contributed by atoms with E-state index in [0.717, 1.165) is 24.3 Å². The highest BCUT2D eigenvalue weighted by Crippen LogP contribution is 2.29. The average Bonchev–Trinajstić information content (AvgIpc) is 3.20. The first-order valence-electron chi connectivity index (χ1n) is 7.05. The summed E-state index contributed by atoms with van der Waals surface area (Å²) in [6.07, 6.45) is 3.27. The van der Waals surface area contributed by atoms with Crippen molar-refractivity contribution >= 4 is 17.5 Å². The molecule has 0 radical (unpaired) electrons. The second-order valence-corrected chi connectivity index (χ2v) is 5.87. The van der Waals surface area contributed by atoms with Crippen LogP contribution in [-0.4, -0.2) is 36.5 Å². The smallest absolute Gasteiger partial charge is 0.240 e. The maximum absolute atomic E-state index is 12.4. The molecule has 1 heterocycles. The molecule has 1 amide bonds. The Balaban J connectivity index is 1.70. The highest BCUT2D eigenvalue weighted by Gasteiger charge is 2.35. The predicted molar refractivity (Wildman–Crippen MR) is 78.0 cm³/mol. The van der Waals surface area contributed by atoms with Crippen LogP contribution in [0.2, 0.25) is 5.02 Å². The van der Waals surface area contributed by atoms with Crippen LogP contribution in [0.4, 0.5) is 0 Å². The van der Waals surface area contributed by atoms with Crippen molar-refractivity contribution < 1.29 is 9.53 Å². The number of hydrogen-bond acceptors (Lipinski definition) is 3. The fraction of sp³-hybridized carbons (Fsp3) is 0.533. The monoisotopic (exact) mass is 294 g/mol. The third kappa shape index (κ3) is 2.76. The summed E-state index contributed by atoms with van der Waals surface area (Å²) in [5.41, 5.74) is 0.886. The molecule has 1 aliphatic carbocycles. The third-order valence-electron chi connectivity index (χ3n) is 3.96. The average molecular weight is 295 g/mol. The number of rotatable bonds is 5. The number of carbonyl (C=O) groups is 1. The van der Waals surface area contributed by atoms with Crippen LogP contribution in [-0.2, 0) is 11.3 Å². The Hall–Kier alpha value is -1.26. The Morgan fingerprint density at radius 2 is 2.20 bits per heavy atom. The molecule has 108 valence electrons. The lowest BCUT2D eigenvalue weighted by molar-refractivity contribution is -0.130. The van der Waals surface area contributed by atoms with Gasteiger partial charge in [0.25, 0.3) is 0 Å². The van der Waals surface area contributed by atoms with Crippen LogP contribution in [0.3, 0.4) is 0 Å². The first kappa shape index (κ1) is 13.7. The van der Waals surface area contributed by atoms with Crippen molar-refractivity contribution in [3.8, 4) is 5.75 Å². The van der Waals surface area contributed by atoms with Crippen molar-refractivity contribution in [3.63, 3.8) is 0 Å². The van der Waals surface area contributed by atoms with E-state index in [0.29, 0.717) is 17.6 Å². The van der Waals surface area contributed by atoms with Crippen molar-refractivity contribution in [1.82, 2.24) is 10.2 Å². The molecule has 1 saturated heterocycles. The maximum atomic E-state index is 12.4. The second-order valence-electron chi connectivity index (χ2n) is 5.46. The largest absolute Gasteiger partial charge is 0.496 e. The van der Waals surface area contributed by atoms with E-state index in [1.54, 1.807) is 7.11 Å². The molecular formula is C15H19ClN2O2. The first-order valence-corrected chi connectivity index (χ1v) is 7.43. The van der Waals surface area contributed by atoms with E-state index in [-0.39, 0.29) is 11.9 Å². The van der Waals surface area contributed by atoms with Crippen molar-refractivity contribution in [2.45, 2.75) is 37.9 Å². The summed E-state index contributed by atoms with van der Waals surface area (Å²) < 4.78 is 5.34. The molecule has 2 fully saturated rings. The molecule has 2 aliphatic rings. The van der Waals surface area contributed by atoms with Gasteiger partial charge in [-0.2, -0.15) is 0 Å². The minimum absolute atomic E-state index is 0.0176. The number of nitrogens with one attached hydrogen (secondary N) is 1. The SMILES string of the molecule is COc1cccc(Cl)c1CN1CCC(NC2CC2)C1=O. The molecule has 20 heavy (non-hydrogen) atoms. The lowest BCUT2D eigenvalue weighted by Gasteiger charge is -2.19. The normalized spacial score (nSPS) is 22.4. The fourth-order valence-corrected chi connectivity index (χ4v) is 2.89. The molecule has 1 saturated carbocycles. The Morgan fingerprint density at radius 3 is 2.90 bits per heavy atom. The summed E-state index contributed by atoms with van der Waals surface area (Å²) in [6.45, 7) is 1.29. The van der Waals surface area contributed by atoms with E-state index < -0.39 is 0 Å². The van der Waals surface area contributed by atoms with Crippen LogP contribution in [0.5, 0.6) is 5.75 Å². The summed E-state index contributed by atoms with van der Waals surface area (Å²) in [6, 6.07) is 6.10. The molecule has 0 bridgehead atoms. The van der Waals surface area contributed by atoms with Gasteiger partial charge < -0.3 is 15.0 Å². The number of amides is 1. The Kier molecular flexibility index (Phi) is 3.85. The summed E-state index contributed by atoms with van der Waals surface area (Å²) >= 11 is 6.23. The zero-order chi connectivity index (χ0) is 14.1. The van der Waals surface area contributed by atoms with Gasteiger partial charge in [-0.25, -0.2) is 0 Å². The Labute approximate surface area is 124 Å². The molecule has 1 aromatic carbocycles. The lowest BCUT2D eigenvalue weighted by Crippen LogP contribution is -2.39. The topological polar surface area (TPSA) is 41.6 Å². The van der Waals surface area contributed by atoms with Crippen LogP contribution >= 0.6 is 11.6 Å². The fourth-order valence-electron chi connectivity index (χ4n) is 2.66. The summed E-state index contributed by atoms with van der Waals surface area (Å²) in [7, 11) is 1.62. The summed E-state index contributed by atoms with van der Waals surface area (Å²) in [4.78, 5) is 14.2. The van der Waals surface area contributed by atoms with Crippen molar-refractivity contribution in [1.29, 1.82) is 0 Å². The van der Waals surface area contributed by atoms with E-state index in [4.69, 9.17) is 16.3 Å². The maximum Gasteiger partial charge on any atom is 0.240 e. The van der Waals surface area contributed by atoms with E-state index in [9.17, 15) is 4.79 Å². The van der Waals surface area contributed by atoms with Crippen LogP contribution in [0.15, 0.2) is 18.2 Å². The molecule has 1 atom stereocenters. The van der Waals surface area contributed by atoms with E-state index >= 15 is 0 Å². The van der Waals surface area contributed by atoms with Gasteiger partial charge in [0.2, 0.25) is 5.91 Å². The number of carbonyl (C=O) groups excluding carboxylic acids is 1. The number of methoxy groups -OCH3 is 1. The first-order chi connectivity index (χ1) is 9.69. The van der Waals surface area contributed by atoms with Crippen molar-refractivity contribution in [2.24, 2.45) is 0 Å². The molecule has 3 rings (SSSR count). The van der Waals surface area contributed by atoms with Crippen LogP contribution < -0.4 is 10.1 Å². The predicted octanol–water partition coefficient (Wildman–Crippen LogP) is 2.20. The van der Waals surface area contributed by atoms with Gasteiger partial charge in [-0.05, 0) is 31.4 Å². The lowest BCUT2D eigenvalue weighted by atomic mass is 10.2. The molecule has 1 unspecified atom stereocenters. The second kappa shape index (κ2) is 5.62. The zero-order valence-electron chi connectivity index (χ0n) is 11.6. The van der Waals surface area contributed by atoms with E-state index in [1.165, 1.54) is 12.8 Å². The number of nitrogens with zero attached hydrogens (tertiary/aromatic N) is 1. The van der Waals surface area contributed by atoms with Crippen LogP contribution in [0, 0.1) is 0 Å². The van der Waals surface area contributed by atoms with Crippen molar-refractivity contribution in [3.05, 3.63) is 28.8 Å². The molecule has 1 aliphatic heterocycles. The van der Waals surface area contributed by atoms with Gasteiger partial charge in [0.15, 0.2) is 0 Å². The summed E-state index contributed by atoms with van der Waals surface area (Å²) in [5, 5.41) is 4.05. The Bertz CT molecular complexity index is 517. The van der Waals surface area contributed by atoms with Gasteiger partial charge in [0, 0.05) is 23.2 Å². The van der Waals surface area contributed by atoms with Gasteiger partial charge in [-0.1, -0.05) is 17.7 Å².